The van der Waals surface area contributed by atoms with Crippen LogP contribution in [0, 0.1) is 19.7 Å². The Bertz CT molecular complexity index is 705. The number of carboxylic acid groups (broad SMARTS) is 1. The van der Waals surface area contributed by atoms with Gasteiger partial charge in [-0.15, -0.1) is 0 Å². The van der Waals surface area contributed by atoms with Crippen molar-refractivity contribution >= 4 is 12.0 Å². The fourth-order valence-corrected chi connectivity index (χ4v) is 1.95. The molecule has 0 radical (unpaired) electrons. The number of carboxylic acids is 1. The summed E-state index contributed by atoms with van der Waals surface area (Å²) in [6.07, 6.45) is 2.27. The molecule has 0 saturated carbocycles. The van der Waals surface area contributed by atoms with Crippen LogP contribution < -0.4 is 4.74 Å². The van der Waals surface area contributed by atoms with E-state index in [4.69, 9.17) is 9.84 Å². The Morgan fingerprint density at radius 2 is 1.95 bits per heavy atom. The Morgan fingerprint density at radius 1 is 1.19 bits per heavy atom. The van der Waals surface area contributed by atoms with Gasteiger partial charge in [0.25, 0.3) is 0 Å². The number of halogens is 1. The molecule has 0 atom stereocenters. The molecule has 2 aromatic rings. The molecule has 0 aliphatic heterocycles. The highest BCUT2D eigenvalue weighted by Crippen LogP contribution is 2.27. The van der Waals surface area contributed by atoms with Crippen LogP contribution in [-0.4, -0.2) is 11.1 Å². The molecule has 0 aromatic heterocycles. The lowest BCUT2D eigenvalue weighted by molar-refractivity contribution is -0.131. The molecular formula is C17H15FO3. The summed E-state index contributed by atoms with van der Waals surface area (Å²) in [6, 6.07) is 9.79. The standard InChI is InChI=1S/C17H15FO3/c1-11-3-5-16(12(2)7-11)21-15-9-13(4-6-17(19)20)8-14(18)10-15/h3-10H,1-2H3,(H,19,20)/b6-4+. The zero-order valence-electron chi connectivity index (χ0n) is 11.8. The van der Waals surface area contributed by atoms with Crippen molar-refractivity contribution in [3.63, 3.8) is 0 Å². The van der Waals surface area contributed by atoms with Gasteiger partial charge in [-0.1, -0.05) is 17.7 Å². The summed E-state index contributed by atoms with van der Waals surface area (Å²) in [4.78, 5) is 10.5. The molecule has 3 nitrogen and oxygen atoms in total. The first kappa shape index (κ1) is 14.8. The molecule has 0 fully saturated rings. The number of aliphatic carboxylic acids is 1. The van der Waals surface area contributed by atoms with Crippen molar-refractivity contribution in [2.45, 2.75) is 13.8 Å². The van der Waals surface area contributed by atoms with Gasteiger partial charge in [-0.2, -0.15) is 0 Å². The summed E-state index contributed by atoms with van der Waals surface area (Å²) >= 11 is 0. The van der Waals surface area contributed by atoms with Crippen molar-refractivity contribution in [1.82, 2.24) is 0 Å². The topological polar surface area (TPSA) is 46.5 Å². The van der Waals surface area contributed by atoms with Crippen LogP contribution >= 0.6 is 0 Å². The van der Waals surface area contributed by atoms with Gasteiger partial charge >= 0.3 is 5.97 Å². The molecule has 0 bridgehead atoms. The van der Waals surface area contributed by atoms with Crippen LogP contribution in [0.5, 0.6) is 11.5 Å². The average molecular weight is 286 g/mol. The second-order valence-corrected chi connectivity index (χ2v) is 4.76. The van der Waals surface area contributed by atoms with E-state index in [0.717, 1.165) is 17.2 Å². The molecule has 0 amide bonds. The number of ether oxygens (including phenoxy) is 1. The maximum absolute atomic E-state index is 13.6. The smallest absolute Gasteiger partial charge is 0.328 e. The fraction of sp³-hybridized carbons (Fsp3) is 0.118. The Morgan fingerprint density at radius 3 is 2.62 bits per heavy atom. The van der Waals surface area contributed by atoms with Crippen LogP contribution in [0.4, 0.5) is 4.39 Å². The molecule has 0 aliphatic rings. The minimum absolute atomic E-state index is 0.326. The molecule has 0 aliphatic carbocycles. The molecule has 0 unspecified atom stereocenters. The monoisotopic (exact) mass is 286 g/mol. The van der Waals surface area contributed by atoms with Crippen LogP contribution in [0.15, 0.2) is 42.5 Å². The van der Waals surface area contributed by atoms with Gasteiger partial charge in [0, 0.05) is 12.1 Å². The second kappa shape index (κ2) is 6.22. The van der Waals surface area contributed by atoms with Gasteiger partial charge in [0.2, 0.25) is 0 Å². The highest BCUT2D eigenvalue weighted by molar-refractivity contribution is 5.85. The third-order valence-electron chi connectivity index (χ3n) is 2.87. The molecule has 0 spiro atoms. The van der Waals surface area contributed by atoms with E-state index in [1.54, 1.807) is 6.07 Å². The van der Waals surface area contributed by atoms with E-state index >= 15 is 0 Å². The van der Waals surface area contributed by atoms with E-state index in [1.807, 2.05) is 32.0 Å². The van der Waals surface area contributed by atoms with Gasteiger partial charge in [0.15, 0.2) is 0 Å². The number of benzene rings is 2. The van der Waals surface area contributed by atoms with E-state index in [9.17, 15) is 9.18 Å². The van der Waals surface area contributed by atoms with Gasteiger partial charge in [-0.25, -0.2) is 9.18 Å². The first-order chi connectivity index (χ1) is 9.94. The minimum atomic E-state index is -1.09. The van der Waals surface area contributed by atoms with Gasteiger partial charge in [-0.05, 0) is 49.2 Å². The maximum atomic E-state index is 13.6. The van der Waals surface area contributed by atoms with Gasteiger partial charge in [0.1, 0.15) is 17.3 Å². The predicted octanol–water partition coefficient (Wildman–Crippen LogP) is 4.33. The van der Waals surface area contributed by atoms with Crippen molar-refractivity contribution in [2.24, 2.45) is 0 Å². The maximum Gasteiger partial charge on any atom is 0.328 e. The summed E-state index contributed by atoms with van der Waals surface area (Å²) in [6.45, 7) is 3.89. The highest BCUT2D eigenvalue weighted by Gasteiger charge is 2.05. The third-order valence-corrected chi connectivity index (χ3v) is 2.87. The molecule has 0 saturated heterocycles. The van der Waals surface area contributed by atoms with Gasteiger partial charge < -0.3 is 9.84 Å². The summed E-state index contributed by atoms with van der Waals surface area (Å²) in [7, 11) is 0. The fourth-order valence-electron chi connectivity index (χ4n) is 1.95. The molecule has 2 rings (SSSR count). The summed E-state index contributed by atoms with van der Waals surface area (Å²) < 4.78 is 19.2. The normalized spacial score (nSPS) is 10.8. The summed E-state index contributed by atoms with van der Waals surface area (Å²) in [5, 5.41) is 8.60. The lowest BCUT2D eigenvalue weighted by Crippen LogP contribution is -1.91. The molecule has 1 N–H and O–H groups in total. The Balaban J connectivity index is 2.29. The van der Waals surface area contributed by atoms with Crippen LogP contribution in [0.1, 0.15) is 16.7 Å². The van der Waals surface area contributed by atoms with Gasteiger partial charge in [0.05, 0.1) is 0 Å². The predicted molar refractivity (Wildman–Crippen MR) is 79.1 cm³/mol. The molecule has 0 heterocycles. The zero-order valence-corrected chi connectivity index (χ0v) is 11.8. The van der Waals surface area contributed by atoms with E-state index in [0.29, 0.717) is 17.1 Å². The second-order valence-electron chi connectivity index (χ2n) is 4.76. The van der Waals surface area contributed by atoms with E-state index in [2.05, 4.69) is 0 Å². The third kappa shape index (κ3) is 4.18. The number of rotatable bonds is 4. The number of hydrogen-bond acceptors (Lipinski definition) is 2. The van der Waals surface area contributed by atoms with Crippen LogP contribution in [-0.2, 0) is 4.79 Å². The first-order valence-electron chi connectivity index (χ1n) is 6.41. The molecular weight excluding hydrogens is 271 g/mol. The Labute approximate surface area is 122 Å². The minimum Gasteiger partial charge on any atom is -0.478 e. The molecule has 108 valence electrons. The average Bonchev–Trinajstić information content (AvgIpc) is 2.39. The zero-order chi connectivity index (χ0) is 15.4. The van der Waals surface area contributed by atoms with Crippen molar-refractivity contribution in [3.05, 3.63) is 65.0 Å². The first-order valence-corrected chi connectivity index (χ1v) is 6.41. The van der Waals surface area contributed by atoms with Crippen LogP contribution in [0.25, 0.3) is 6.08 Å². The lowest BCUT2D eigenvalue weighted by atomic mass is 10.1. The molecule has 2 aromatic carbocycles. The van der Waals surface area contributed by atoms with Crippen molar-refractivity contribution < 1.29 is 19.0 Å². The number of carbonyl (C=O) groups is 1. The Hall–Kier alpha value is -2.62. The lowest BCUT2D eigenvalue weighted by Gasteiger charge is -2.10. The van der Waals surface area contributed by atoms with Crippen LogP contribution in [0.2, 0.25) is 0 Å². The van der Waals surface area contributed by atoms with Crippen molar-refractivity contribution in [2.75, 3.05) is 0 Å². The molecule has 21 heavy (non-hydrogen) atoms. The van der Waals surface area contributed by atoms with Crippen LogP contribution in [0.3, 0.4) is 0 Å². The molecule has 4 heteroatoms. The van der Waals surface area contributed by atoms with E-state index in [-0.39, 0.29) is 0 Å². The number of aryl methyl sites for hydroxylation is 2. The summed E-state index contributed by atoms with van der Waals surface area (Å²) in [5.41, 5.74) is 2.49. The number of hydrogen-bond donors (Lipinski definition) is 1. The van der Waals surface area contributed by atoms with Gasteiger partial charge in [-0.3, -0.25) is 0 Å². The van der Waals surface area contributed by atoms with Crippen molar-refractivity contribution in [1.29, 1.82) is 0 Å². The quantitative estimate of drug-likeness (QED) is 0.851. The van der Waals surface area contributed by atoms with E-state index in [1.165, 1.54) is 18.2 Å². The largest absolute Gasteiger partial charge is 0.478 e. The Kier molecular flexibility index (Phi) is 4.38. The highest BCUT2D eigenvalue weighted by atomic mass is 19.1. The summed E-state index contributed by atoms with van der Waals surface area (Å²) in [5.74, 6) is -0.607. The van der Waals surface area contributed by atoms with E-state index < -0.39 is 11.8 Å². The van der Waals surface area contributed by atoms with Crippen molar-refractivity contribution in [3.8, 4) is 11.5 Å². The SMILES string of the molecule is Cc1ccc(Oc2cc(F)cc(/C=C/C(=O)O)c2)c(C)c1.